The van der Waals surface area contributed by atoms with E-state index in [0.717, 1.165) is 16.3 Å². The minimum Gasteiger partial charge on any atom is -0.379 e. The summed E-state index contributed by atoms with van der Waals surface area (Å²) in [6.45, 7) is 5.29. The highest BCUT2D eigenvalue weighted by atomic mass is 32.2. The fraction of sp³-hybridized carbons (Fsp3) is 0.172. The van der Waals surface area contributed by atoms with Crippen molar-refractivity contribution in [1.82, 2.24) is 10.1 Å². The number of benzene rings is 4. The highest BCUT2D eigenvalue weighted by molar-refractivity contribution is 7.89. The Hall–Kier alpha value is -4.06. The van der Waals surface area contributed by atoms with E-state index < -0.39 is 32.1 Å². The van der Waals surface area contributed by atoms with E-state index in [2.05, 4.69) is 15.2 Å². The Morgan fingerprint density at radius 2 is 1.45 bits per heavy atom. The number of nitrogens with one attached hydrogen (secondary N) is 2. The van der Waals surface area contributed by atoms with Gasteiger partial charge in [0.1, 0.15) is 16.7 Å². The summed E-state index contributed by atoms with van der Waals surface area (Å²) in [6, 6.07) is 23.5. The third-order valence-corrected chi connectivity index (χ3v) is 8.75. The predicted molar refractivity (Wildman–Crippen MR) is 154 cm³/mol. The highest BCUT2D eigenvalue weighted by Gasteiger charge is 2.28. The summed E-state index contributed by atoms with van der Waals surface area (Å²) in [5.74, 6) is -0.862. The zero-order valence-corrected chi connectivity index (χ0v) is 23.7. The van der Waals surface area contributed by atoms with Crippen LogP contribution in [0.25, 0.3) is 10.8 Å². The lowest BCUT2D eigenvalue weighted by Gasteiger charge is -2.20. The number of fused-ring (bicyclic) bond motifs is 1. The maximum atomic E-state index is 12.8. The molecule has 4 rings (SSSR count). The second kappa shape index (κ2) is 12.0. The number of carbonyl (C=O) groups excluding carboxylic acids is 1. The number of hydrazone groups is 1. The molecule has 0 radical (unpaired) electrons. The summed E-state index contributed by atoms with van der Waals surface area (Å²) >= 11 is 0. The summed E-state index contributed by atoms with van der Waals surface area (Å²) in [6.07, 6.45) is 1.35. The number of hydrogen-bond acceptors (Lipinski definition) is 7. The van der Waals surface area contributed by atoms with Crippen molar-refractivity contribution in [2.75, 3.05) is 0 Å². The molecule has 208 valence electrons. The number of hydrogen-bond donors (Lipinski definition) is 2. The zero-order valence-electron chi connectivity index (χ0n) is 22.1. The lowest BCUT2D eigenvalue weighted by Crippen LogP contribution is -2.48. The Morgan fingerprint density at radius 3 is 2.10 bits per heavy atom. The molecule has 0 heterocycles. The molecule has 0 saturated heterocycles. The quantitative estimate of drug-likeness (QED) is 0.163. The molecule has 0 aliphatic rings. The number of rotatable bonds is 10. The summed E-state index contributed by atoms with van der Waals surface area (Å²) in [5, 5.41) is 5.62. The van der Waals surface area contributed by atoms with Crippen LogP contribution in [-0.2, 0) is 24.9 Å². The fourth-order valence-corrected chi connectivity index (χ4v) is 6.10. The minimum absolute atomic E-state index is 0.0391. The van der Waals surface area contributed by atoms with Crippen molar-refractivity contribution in [2.45, 2.75) is 36.6 Å². The third kappa shape index (κ3) is 7.12. The molecule has 4 aromatic carbocycles. The zero-order chi connectivity index (χ0) is 28.9. The van der Waals surface area contributed by atoms with Crippen LogP contribution in [0.2, 0.25) is 0 Å². The number of nitrogens with zero attached hydrogens (tertiary/aromatic N) is 1. The lowest BCUT2D eigenvalue weighted by atomic mass is 10.1. The van der Waals surface area contributed by atoms with Crippen molar-refractivity contribution in [2.24, 2.45) is 11.0 Å². The van der Waals surface area contributed by atoms with Crippen LogP contribution in [0.3, 0.4) is 0 Å². The van der Waals surface area contributed by atoms with E-state index in [4.69, 9.17) is 4.18 Å². The number of aryl methyl sites for hydroxylation is 1. The SMILES string of the molecule is Cc1ccc(S(=O)(=O)N[C@H](C(=O)N/N=C\c2ccc(OS(=O)(=O)c3ccc4ccccc4c3)cc2)C(C)C)cc1. The second-order valence-corrected chi connectivity index (χ2v) is 12.8. The van der Waals surface area contributed by atoms with Crippen molar-refractivity contribution in [3.05, 3.63) is 102 Å². The summed E-state index contributed by atoms with van der Waals surface area (Å²) in [4.78, 5) is 12.8. The molecule has 9 nitrogen and oxygen atoms in total. The van der Waals surface area contributed by atoms with E-state index in [0.29, 0.717) is 5.56 Å². The first-order valence-corrected chi connectivity index (χ1v) is 15.3. The Morgan fingerprint density at radius 1 is 0.825 bits per heavy atom. The maximum Gasteiger partial charge on any atom is 0.339 e. The molecule has 0 aliphatic heterocycles. The van der Waals surface area contributed by atoms with Crippen LogP contribution in [0.5, 0.6) is 5.75 Å². The molecule has 0 bridgehead atoms. The van der Waals surface area contributed by atoms with Crippen LogP contribution >= 0.6 is 0 Å². The van der Waals surface area contributed by atoms with Crippen molar-refractivity contribution < 1.29 is 25.8 Å². The van der Waals surface area contributed by atoms with Gasteiger partial charge in [-0.25, -0.2) is 13.8 Å². The fourth-order valence-electron chi connectivity index (χ4n) is 3.79. The van der Waals surface area contributed by atoms with Crippen molar-refractivity contribution in [1.29, 1.82) is 0 Å². The van der Waals surface area contributed by atoms with Crippen LogP contribution in [0, 0.1) is 12.8 Å². The standard InChI is InChI=1S/C29H29N3O6S2/c1-20(2)28(32-39(34,35)26-15-8-21(3)9-16-26)29(33)31-30-19-22-10-13-25(14-11-22)38-40(36,37)27-17-12-23-6-4-5-7-24(23)18-27/h4-20,28,32H,1-3H3,(H,31,33)/b30-19-/t28-/m0/s1. The van der Waals surface area contributed by atoms with Gasteiger partial charge in [-0.1, -0.05) is 61.9 Å². The van der Waals surface area contributed by atoms with Gasteiger partial charge in [-0.15, -0.1) is 0 Å². The Kier molecular flexibility index (Phi) is 8.67. The molecule has 0 aliphatic carbocycles. The Labute approximate surface area is 234 Å². The first kappa shape index (κ1) is 28.9. The summed E-state index contributed by atoms with van der Waals surface area (Å²) in [7, 11) is -7.97. The third-order valence-electron chi connectivity index (χ3n) is 6.05. The molecule has 0 saturated carbocycles. The van der Waals surface area contributed by atoms with Gasteiger partial charge in [0, 0.05) is 0 Å². The van der Waals surface area contributed by atoms with Gasteiger partial charge >= 0.3 is 10.1 Å². The van der Waals surface area contributed by atoms with E-state index in [1.807, 2.05) is 31.2 Å². The van der Waals surface area contributed by atoms with E-state index >= 15 is 0 Å². The maximum absolute atomic E-state index is 12.8. The second-order valence-electron chi connectivity index (χ2n) is 9.51. The van der Waals surface area contributed by atoms with Crippen molar-refractivity contribution in [3.63, 3.8) is 0 Å². The molecule has 0 spiro atoms. The number of amides is 1. The molecular weight excluding hydrogens is 550 g/mol. The first-order valence-electron chi connectivity index (χ1n) is 12.4. The van der Waals surface area contributed by atoms with E-state index in [1.165, 1.54) is 36.5 Å². The molecule has 11 heteroatoms. The van der Waals surface area contributed by atoms with Gasteiger partial charge in [-0.05, 0) is 77.7 Å². The molecule has 1 atom stereocenters. The average Bonchev–Trinajstić information content (AvgIpc) is 2.92. The molecule has 0 aromatic heterocycles. The average molecular weight is 580 g/mol. The van der Waals surface area contributed by atoms with Gasteiger partial charge in [0.2, 0.25) is 10.0 Å². The number of carbonyl (C=O) groups is 1. The largest absolute Gasteiger partial charge is 0.379 e. The molecule has 1 amide bonds. The van der Waals surface area contributed by atoms with Crippen molar-refractivity contribution >= 4 is 43.0 Å². The predicted octanol–water partition coefficient (Wildman–Crippen LogP) is 4.37. The molecule has 40 heavy (non-hydrogen) atoms. The molecule has 4 aromatic rings. The Bertz CT molecular complexity index is 1750. The van der Waals surface area contributed by atoms with Gasteiger partial charge in [-0.3, -0.25) is 4.79 Å². The van der Waals surface area contributed by atoms with Crippen LogP contribution < -0.4 is 14.3 Å². The smallest absolute Gasteiger partial charge is 0.339 e. The first-order chi connectivity index (χ1) is 18.9. The van der Waals surface area contributed by atoms with Crippen LogP contribution in [-0.4, -0.2) is 35.0 Å². The lowest BCUT2D eigenvalue weighted by molar-refractivity contribution is -0.123. The van der Waals surface area contributed by atoms with E-state index in [-0.39, 0.29) is 21.5 Å². The molecular formula is C29H29N3O6S2. The topological polar surface area (TPSA) is 131 Å². The van der Waals surface area contributed by atoms with Gasteiger partial charge in [0.25, 0.3) is 5.91 Å². The number of sulfonamides is 1. The normalized spacial score (nSPS) is 13.0. The van der Waals surface area contributed by atoms with Crippen LogP contribution in [0.15, 0.2) is 106 Å². The van der Waals surface area contributed by atoms with Crippen molar-refractivity contribution in [3.8, 4) is 5.75 Å². The summed E-state index contributed by atoms with van der Waals surface area (Å²) < 4.78 is 58.7. The molecule has 0 unspecified atom stereocenters. The Balaban J connectivity index is 1.38. The van der Waals surface area contributed by atoms with Gasteiger partial charge < -0.3 is 4.18 Å². The monoisotopic (exact) mass is 579 g/mol. The van der Waals surface area contributed by atoms with Crippen LogP contribution in [0.4, 0.5) is 0 Å². The van der Waals surface area contributed by atoms with E-state index in [1.54, 1.807) is 50.2 Å². The van der Waals surface area contributed by atoms with E-state index in [9.17, 15) is 21.6 Å². The highest BCUT2D eigenvalue weighted by Crippen LogP contribution is 2.23. The molecule has 0 fully saturated rings. The molecule has 2 N–H and O–H groups in total. The van der Waals surface area contributed by atoms with Crippen LogP contribution in [0.1, 0.15) is 25.0 Å². The van der Waals surface area contributed by atoms with Gasteiger partial charge in [0.05, 0.1) is 11.1 Å². The minimum atomic E-state index is -4.05. The summed E-state index contributed by atoms with van der Waals surface area (Å²) in [5.41, 5.74) is 3.83. The van der Waals surface area contributed by atoms with Gasteiger partial charge in [0.15, 0.2) is 0 Å². The van der Waals surface area contributed by atoms with Gasteiger partial charge in [-0.2, -0.15) is 18.2 Å².